The zero-order valence-corrected chi connectivity index (χ0v) is 15.2. The van der Waals surface area contributed by atoms with Crippen LogP contribution in [-0.4, -0.2) is 20.7 Å². The molecule has 1 aliphatic rings. The molecule has 132 valence electrons. The first-order valence-corrected chi connectivity index (χ1v) is 10.1. The molecule has 5 nitrogen and oxygen atoms in total. The first kappa shape index (κ1) is 18.5. The Morgan fingerprint density at radius 2 is 1.92 bits per heavy atom. The molecule has 2 rings (SSSR count). The lowest BCUT2D eigenvalue weighted by Crippen LogP contribution is -2.20. The highest BCUT2D eigenvalue weighted by Crippen LogP contribution is 2.21. The molecular formula is C18H26N2O3S. The first-order valence-electron chi connectivity index (χ1n) is 8.57. The van der Waals surface area contributed by atoms with Crippen LogP contribution >= 0.6 is 0 Å². The van der Waals surface area contributed by atoms with Crippen LogP contribution in [0.2, 0.25) is 0 Å². The highest BCUT2D eigenvalue weighted by molar-refractivity contribution is 7.89. The zero-order valence-electron chi connectivity index (χ0n) is 14.4. The molecule has 1 aromatic carbocycles. The van der Waals surface area contributed by atoms with Crippen LogP contribution in [0.1, 0.15) is 52.4 Å². The predicted molar refractivity (Wildman–Crippen MR) is 96.8 cm³/mol. The zero-order chi connectivity index (χ0) is 17.4. The van der Waals surface area contributed by atoms with E-state index >= 15 is 0 Å². The number of ether oxygens (including phenoxy) is 1. The third-order valence-corrected chi connectivity index (χ3v) is 5.16. The Bertz CT molecular complexity index is 691. The summed E-state index contributed by atoms with van der Waals surface area (Å²) in [6.45, 7) is 4.60. The first-order chi connectivity index (χ1) is 11.6. The van der Waals surface area contributed by atoms with E-state index in [1.54, 1.807) is 12.1 Å². The number of rotatable bonds is 9. The summed E-state index contributed by atoms with van der Waals surface area (Å²) < 4.78 is 30.0. The van der Waals surface area contributed by atoms with Crippen LogP contribution in [0.15, 0.2) is 45.9 Å². The number of nitrogens with one attached hydrogen (secondary N) is 1. The molecule has 1 aromatic rings. The molecule has 1 N–H and O–H groups in total. The van der Waals surface area contributed by atoms with Crippen molar-refractivity contribution < 1.29 is 13.2 Å². The van der Waals surface area contributed by atoms with E-state index in [1.807, 2.05) is 6.92 Å². The number of benzene rings is 1. The number of unbranched alkanes of at least 4 members (excludes halogenated alkanes) is 2. The van der Waals surface area contributed by atoms with Crippen LogP contribution in [0.5, 0.6) is 5.75 Å². The van der Waals surface area contributed by atoms with Crippen molar-refractivity contribution in [3.05, 3.63) is 35.9 Å². The van der Waals surface area contributed by atoms with E-state index in [9.17, 15) is 8.42 Å². The quantitative estimate of drug-likeness (QED) is 0.540. The lowest BCUT2D eigenvalue weighted by molar-refractivity contribution is 0.340. The van der Waals surface area contributed by atoms with Gasteiger partial charge in [0.15, 0.2) is 0 Å². The van der Waals surface area contributed by atoms with Gasteiger partial charge in [0.1, 0.15) is 5.75 Å². The third-order valence-electron chi connectivity index (χ3n) is 3.94. The Hall–Kier alpha value is -1.82. The van der Waals surface area contributed by atoms with Gasteiger partial charge in [-0.1, -0.05) is 25.8 Å². The largest absolute Gasteiger partial charge is 0.494 e. The number of sulfonamides is 1. The van der Waals surface area contributed by atoms with E-state index in [0.29, 0.717) is 12.4 Å². The normalized spacial score (nSPS) is 16.2. The molecule has 24 heavy (non-hydrogen) atoms. The number of hydrazone groups is 1. The van der Waals surface area contributed by atoms with Crippen molar-refractivity contribution >= 4 is 15.7 Å². The molecule has 0 fully saturated rings. The molecule has 0 spiro atoms. The van der Waals surface area contributed by atoms with Gasteiger partial charge in [-0.2, -0.15) is 18.4 Å². The van der Waals surface area contributed by atoms with Crippen molar-refractivity contribution in [3.8, 4) is 5.75 Å². The summed E-state index contributed by atoms with van der Waals surface area (Å²) in [7, 11) is -3.65. The van der Waals surface area contributed by atoms with E-state index in [-0.39, 0.29) is 4.90 Å². The fraction of sp³-hybridized carbons (Fsp3) is 0.500. The van der Waals surface area contributed by atoms with Crippen molar-refractivity contribution in [2.75, 3.05) is 6.61 Å². The molecule has 0 heterocycles. The second-order valence-corrected chi connectivity index (χ2v) is 7.44. The molecule has 0 amide bonds. The number of hydrogen-bond donors (Lipinski definition) is 1. The Morgan fingerprint density at radius 3 is 2.58 bits per heavy atom. The third kappa shape index (κ3) is 5.09. The van der Waals surface area contributed by atoms with Gasteiger partial charge in [0.2, 0.25) is 0 Å². The Kier molecular flexibility index (Phi) is 6.85. The second-order valence-electron chi connectivity index (χ2n) is 5.78. The summed E-state index contributed by atoms with van der Waals surface area (Å²) in [5, 5.41) is 4.17. The average molecular weight is 350 g/mol. The Balaban J connectivity index is 2.02. The summed E-state index contributed by atoms with van der Waals surface area (Å²) in [4.78, 5) is 2.55. The van der Waals surface area contributed by atoms with Gasteiger partial charge in [-0.3, -0.25) is 0 Å². The fourth-order valence-corrected chi connectivity index (χ4v) is 3.48. The summed E-state index contributed by atoms with van der Waals surface area (Å²) >= 11 is 0. The molecule has 0 saturated carbocycles. The molecule has 0 saturated heterocycles. The number of allylic oxidation sites excluding steroid dienone is 2. The van der Waals surface area contributed by atoms with Crippen LogP contribution in [0.3, 0.4) is 0 Å². The van der Waals surface area contributed by atoms with Crippen molar-refractivity contribution in [1.29, 1.82) is 0 Å². The van der Waals surface area contributed by atoms with Gasteiger partial charge in [0.05, 0.1) is 17.2 Å². The van der Waals surface area contributed by atoms with Crippen molar-refractivity contribution in [2.45, 2.75) is 57.3 Å². The van der Waals surface area contributed by atoms with E-state index in [1.165, 1.54) is 30.5 Å². The monoisotopic (exact) mass is 350 g/mol. The summed E-state index contributed by atoms with van der Waals surface area (Å²) in [6, 6.07) is 6.36. The van der Waals surface area contributed by atoms with E-state index < -0.39 is 10.0 Å². The van der Waals surface area contributed by atoms with Crippen LogP contribution < -0.4 is 9.57 Å². The van der Waals surface area contributed by atoms with E-state index in [0.717, 1.165) is 31.4 Å². The predicted octanol–water partition coefficient (Wildman–Crippen LogP) is 4.02. The molecule has 0 aliphatic heterocycles. The van der Waals surface area contributed by atoms with Gasteiger partial charge in [-0.05, 0) is 62.4 Å². The highest BCUT2D eigenvalue weighted by atomic mass is 32.2. The maximum Gasteiger partial charge on any atom is 0.276 e. The minimum Gasteiger partial charge on any atom is -0.494 e. The standard InChI is InChI=1S/C18H26N2O3S/c1-3-5-6-8-15-9-7-10-18(15)19-20-24(21,22)17-13-11-16(12-14-17)23-4-2/h9,11-14,20H,3-8,10H2,1-2H3. The topological polar surface area (TPSA) is 67.8 Å². The summed E-state index contributed by atoms with van der Waals surface area (Å²) in [5.74, 6) is 0.653. The maximum atomic E-state index is 12.3. The van der Waals surface area contributed by atoms with Crippen molar-refractivity contribution in [3.63, 3.8) is 0 Å². The average Bonchev–Trinajstić information content (AvgIpc) is 3.02. The minimum atomic E-state index is -3.65. The van der Waals surface area contributed by atoms with Gasteiger partial charge in [-0.15, -0.1) is 0 Å². The summed E-state index contributed by atoms with van der Waals surface area (Å²) in [6.07, 6.45) is 8.34. The maximum absolute atomic E-state index is 12.3. The van der Waals surface area contributed by atoms with Crippen LogP contribution in [0.4, 0.5) is 0 Å². The van der Waals surface area contributed by atoms with Gasteiger partial charge >= 0.3 is 0 Å². The smallest absolute Gasteiger partial charge is 0.276 e. The summed E-state index contributed by atoms with van der Waals surface area (Å²) in [5.41, 5.74) is 2.04. The van der Waals surface area contributed by atoms with E-state index in [2.05, 4.69) is 22.9 Å². The number of hydrogen-bond acceptors (Lipinski definition) is 4. The van der Waals surface area contributed by atoms with Gasteiger partial charge in [-0.25, -0.2) is 0 Å². The molecule has 6 heteroatoms. The van der Waals surface area contributed by atoms with E-state index in [4.69, 9.17) is 4.74 Å². The highest BCUT2D eigenvalue weighted by Gasteiger charge is 2.17. The lowest BCUT2D eigenvalue weighted by atomic mass is 10.1. The Morgan fingerprint density at radius 1 is 1.17 bits per heavy atom. The lowest BCUT2D eigenvalue weighted by Gasteiger charge is -2.08. The van der Waals surface area contributed by atoms with Crippen LogP contribution in [0, 0.1) is 0 Å². The van der Waals surface area contributed by atoms with Crippen molar-refractivity contribution in [2.24, 2.45) is 5.10 Å². The molecule has 1 aliphatic carbocycles. The molecule has 0 unspecified atom stereocenters. The fourth-order valence-electron chi connectivity index (χ4n) is 2.65. The SMILES string of the molecule is CCCCCC1=CCCC1=NNS(=O)(=O)c1ccc(OCC)cc1. The molecule has 0 bridgehead atoms. The molecule has 0 atom stereocenters. The number of nitrogens with zero attached hydrogens (tertiary/aromatic N) is 1. The van der Waals surface area contributed by atoms with Gasteiger partial charge in [0, 0.05) is 0 Å². The molecule has 0 radical (unpaired) electrons. The molecule has 0 aromatic heterocycles. The minimum absolute atomic E-state index is 0.185. The van der Waals surface area contributed by atoms with Gasteiger partial charge < -0.3 is 4.74 Å². The van der Waals surface area contributed by atoms with Crippen molar-refractivity contribution in [1.82, 2.24) is 4.83 Å². The van der Waals surface area contributed by atoms with Gasteiger partial charge in [0.25, 0.3) is 10.0 Å². The van der Waals surface area contributed by atoms with Crippen LogP contribution in [0.25, 0.3) is 0 Å². The Labute approximate surface area is 144 Å². The molecular weight excluding hydrogens is 324 g/mol. The second kappa shape index (κ2) is 8.87. The van der Waals surface area contributed by atoms with Crippen LogP contribution in [-0.2, 0) is 10.0 Å².